The van der Waals surface area contributed by atoms with E-state index in [0.29, 0.717) is 10.7 Å². The highest BCUT2D eigenvalue weighted by Gasteiger charge is 2.19. The number of aromatic nitrogens is 2. The van der Waals surface area contributed by atoms with Gasteiger partial charge in [-0.25, -0.2) is 0 Å². The van der Waals surface area contributed by atoms with Crippen LogP contribution in [-0.4, -0.2) is 33.4 Å². The highest BCUT2D eigenvalue weighted by molar-refractivity contribution is 6.30. The molecule has 6 nitrogen and oxygen atoms in total. The molecule has 22 heavy (non-hydrogen) atoms. The number of carbonyl (C=O) groups is 1. The van der Waals surface area contributed by atoms with Gasteiger partial charge in [0.15, 0.2) is 0 Å². The predicted octanol–water partition coefficient (Wildman–Crippen LogP) is 1.72. The molecule has 1 heterocycles. The molecule has 0 saturated carbocycles. The highest BCUT2D eigenvalue weighted by atomic mass is 35.5. The number of nitrogens with one attached hydrogen (secondary N) is 2. The molecule has 1 amide bonds. The number of aliphatic hydroxyl groups excluding tert-OH is 1. The second-order valence-electron chi connectivity index (χ2n) is 5.07. The number of carbonyl (C=O) groups excluding carboxylic acids is 1. The third-order valence-electron chi connectivity index (χ3n) is 3.25. The zero-order valence-corrected chi connectivity index (χ0v) is 13.2. The Labute approximate surface area is 134 Å². The topological polar surface area (TPSA) is 79.2 Å². The molecule has 1 aromatic heterocycles. The number of amides is 1. The summed E-state index contributed by atoms with van der Waals surface area (Å²) in [5.41, 5.74) is 1.46. The maximum absolute atomic E-state index is 12.2. The van der Waals surface area contributed by atoms with Gasteiger partial charge in [0, 0.05) is 29.5 Å². The molecule has 0 aliphatic rings. The number of hydrogen-bond acceptors (Lipinski definition) is 4. The fourth-order valence-electron chi connectivity index (χ4n) is 2.07. The van der Waals surface area contributed by atoms with E-state index in [2.05, 4.69) is 15.7 Å². The smallest absolute Gasteiger partial charge is 0.241 e. The van der Waals surface area contributed by atoms with Crippen molar-refractivity contribution >= 4 is 23.2 Å². The lowest BCUT2D eigenvalue weighted by atomic mass is 10.1. The minimum absolute atomic E-state index is 0.125. The third-order valence-corrected chi connectivity index (χ3v) is 3.48. The molecule has 2 aromatic rings. The van der Waals surface area contributed by atoms with Crippen LogP contribution >= 0.6 is 11.6 Å². The number of nitrogens with zero attached hydrogens (tertiary/aromatic N) is 2. The van der Waals surface area contributed by atoms with E-state index in [1.807, 2.05) is 0 Å². The van der Waals surface area contributed by atoms with Crippen molar-refractivity contribution in [2.24, 2.45) is 7.05 Å². The molecular formula is C15H19ClN4O2. The van der Waals surface area contributed by atoms with Gasteiger partial charge in [0.05, 0.1) is 24.9 Å². The summed E-state index contributed by atoms with van der Waals surface area (Å²) in [6.45, 7) is 1.61. The van der Waals surface area contributed by atoms with Crippen molar-refractivity contribution in [3.8, 4) is 0 Å². The van der Waals surface area contributed by atoms with Crippen molar-refractivity contribution in [2.75, 3.05) is 11.9 Å². The molecule has 0 aliphatic heterocycles. The van der Waals surface area contributed by atoms with Crippen LogP contribution in [0.4, 0.5) is 5.69 Å². The van der Waals surface area contributed by atoms with Crippen LogP contribution in [-0.2, 0) is 11.8 Å². The first-order valence-corrected chi connectivity index (χ1v) is 7.29. The summed E-state index contributed by atoms with van der Waals surface area (Å²) in [4.78, 5) is 12.2. The van der Waals surface area contributed by atoms with Crippen LogP contribution < -0.4 is 10.6 Å². The molecule has 118 valence electrons. The predicted molar refractivity (Wildman–Crippen MR) is 85.7 cm³/mol. The average Bonchev–Trinajstić information content (AvgIpc) is 2.90. The van der Waals surface area contributed by atoms with Gasteiger partial charge in [-0.15, -0.1) is 0 Å². The van der Waals surface area contributed by atoms with Crippen LogP contribution in [0.15, 0.2) is 36.7 Å². The number of rotatable bonds is 6. The molecule has 0 fully saturated rings. The first kappa shape index (κ1) is 16.5. The summed E-state index contributed by atoms with van der Waals surface area (Å²) in [5, 5.41) is 20.0. The molecule has 0 unspecified atom stereocenters. The SMILES string of the molecule is C[C@H](N[C@H](CO)c1cnn(C)c1)C(=O)Nc1cccc(Cl)c1. The van der Waals surface area contributed by atoms with Gasteiger partial charge in [-0.2, -0.15) is 5.10 Å². The molecule has 7 heteroatoms. The van der Waals surface area contributed by atoms with Crippen molar-refractivity contribution in [3.63, 3.8) is 0 Å². The van der Waals surface area contributed by atoms with Gasteiger partial charge in [0.25, 0.3) is 0 Å². The molecule has 0 aliphatic carbocycles. The number of halogens is 1. The Bertz CT molecular complexity index is 644. The van der Waals surface area contributed by atoms with Crippen LogP contribution in [0.1, 0.15) is 18.5 Å². The Morgan fingerprint density at radius 1 is 1.50 bits per heavy atom. The van der Waals surface area contributed by atoms with Crippen LogP contribution in [0.25, 0.3) is 0 Å². The lowest BCUT2D eigenvalue weighted by molar-refractivity contribution is -0.118. The van der Waals surface area contributed by atoms with Gasteiger partial charge in [0.2, 0.25) is 5.91 Å². The van der Waals surface area contributed by atoms with Gasteiger partial charge < -0.3 is 10.4 Å². The zero-order valence-electron chi connectivity index (χ0n) is 12.5. The van der Waals surface area contributed by atoms with Crippen molar-refractivity contribution < 1.29 is 9.90 Å². The first-order chi connectivity index (χ1) is 10.5. The Kier molecular flexibility index (Phi) is 5.54. The minimum Gasteiger partial charge on any atom is -0.394 e. The summed E-state index contributed by atoms with van der Waals surface area (Å²) in [6, 6.07) is 6.11. The molecule has 0 bridgehead atoms. The monoisotopic (exact) mass is 322 g/mol. The number of anilines is 1. The zero-order chi connectivity index (χ0) is 16.1. The van der Waals surface area contributed by atoms with Gasteiger partial charge in [0.1, 0.15) is 0 Å². The van der Waals surface area contributed by atoms with Crippen molar-refractivity contribution in [2.45, 2.75) is 19.0 Å². The second-order valence-corrected chi connectivity index (χ2v) is 5.51. The maximum atomic E-state index is 12.2. The van der Waals surface area contributed by atoms with Crippen LogP contribution in [0, 0.1) is 0 Å². The van der Waals surface area contributed by atoms with Crippen LogP contribution in [0.3, 0.4) is 0 Å². The largest absolute Gasteiger partial charge is 0.394 e. The highest BCUT2D eigenvalue weighted by Crippen LogP contribution is 2.16. The van der Waals surface area contributed by atoms with E-state index in [-0.39, 0.29) is 18.6 Å². The van der Waals surface area contributed by atoms with Gasteiger partial charge in [-0.05, 0) is 25.1 Å². The normalized spacial score (nSPS) is 13.6. The van der Waals surface area contributed by atoms with Gasteiger partial charge in [-0.3, -0.25) is 14.8 Å². The summed E-state index contributed by atoms with van der Waals surface area (Å²) in [5.74, 6) is -0.204. The Balaban J connectivity index is 1.98. The van der Waals surface area contributed by atoms with E-state index in [4.69, 9.17) is 11.6 Å². The summed E-state index contributed by atoms with van der Waals surface area (Å²) in [7, 11) is 1.80. The quantitative estimate of drug-likeness (QED) is 0.756. The number of aliphatic hydroxyl groups is 1. The fourth-order valence-corrected chi connectivity index (χ4v) is 2.26. The molecule has 1 aromatic carbocycles. The molecule has 0 spiro atoms. The van der Waals surface area contributed by atoms with Crippen LogP contribution in [0.5, 0.6) is 0 Å². The fraction of sp³-hybridized carbons (Fsp3) is 0.333. The number of aryl methyl sites for hydroxylation is 1. The standard InChI is InChI=1S/C15H19ClN4O2/c1-10(15(22)19-13-5-3-4-12(16)6-13)18-14(9-21)11-7-17-20(2)8-11/h3-8,10,14,18,21H,9H2,1-2H3,(H,19,22)/t10-,14+/m0/s1. The summed E-state index contributed by atoms with van der Waals surface area (Å²) < 4.78 is 1.65. The Morgan fingerprint density at radius 2 is 2.27 bits per heavy atom. The molecule has 3 N–H and O–H groups in total. The molecular weight excluding hydrogens is 304 g/mol. The summed E-state index contributed by atoms with van der Waals surface area (Å²) in [6.07, 6.45) is 3.46. The molecule has 0 saturated heterocycles. The third kappa shape index (κ3) is 4.30. The van der Waals surface area contributed by atoms with E-state index in [1.54, 1.807) is 55.3 Å². The Morgan fingerprint density at radius 3 is 2.86 bits per heavy atom. The van der Waals surface area contributed by atoms with Gasteiger partial charge >= 0.3 is 0 Å². The van der Waals surface area contributed by atoms with E-state index >= 15 is 0 Å². The number of benzene rings is 1. The average molecular weight is 323 g/mol. The summed E-state index contributed by atoms with van der Waals surface area (Å²) >= 11 is 5.89. The van der Waals surface area contributed by atoms with Crippen molar-refractivity contribution in [3.05, 3.63) is 47.2 Å². The second kappa shape index (κ2) is 7.40. The van der Waals surface area contributed by atoms with E-state index in [9.17, 15) is 9.90 Å². The molecule has 2 atom stereocenters. The lowest BCUT2D eigenvalue weighted by Crippen LogP contribution is -2.41. The van der Waals surface area contributed by atoms with E-state index < -0.39 is 6.04 Å². The first-order valence-electron chi connectivity index (χ1n) is 6.91. The minimum atomic E-state index is -0.490. The van der Waals surface area contributed by atoms with Crippen LogP contribution in [0.2, 0.25) is 5.02 Å². The van der Waals surface area contributed by atoms with Crippen molar-refractivity contribution in [1.82, 2.24) is 15.1 Å². The lowest BCUT2D eigenvalue weighted by Gasteiger charge is -2.20. The van der Waals surface area contributed by atoms with E-state index in [0.717, 1.165) is 5.56 Å². The molecule has 0 radical (unpaired) electrons. The molecule has 2 rings (SSSR count). The number of hydrogen-bond donors (Lipinski definition) is 3. The van der Waals surface area contributed by atoms with Gasteiger partial charge in [-0.1, -0.05) is 17.7 Å². The Hall–Kier alpha value is -1.89. The van der Waals surface area contributed by atoms with E-state index in [1.165, 1.54) is 0 Å². The van der Waals surface area contributed by atoms with Crippen molar-refractivity contribution in [1.29, 1.82) is 0 Å². The maximum Gasteiger partial charge on any atom is 0.241 e.